The van der Waals surface area contributed by atoms with E-state index in [1.54, 1.807) is 0 Å². The molecule has 0 heterocycles. The molecule has 62 heavy (non-hydrogen) atoms. The first-order valence-electron chi connectivity index (χ1n) is 27.8. The fraction of sp³-hybridized carbons (Fsp3) is 0.946. The molecule has 0 spiro atoms. The van der Waals surface area contributed by atoms with Crippen molar-refractivity contribution in [2.24, 2.45) is 11.8 Å². The van der Waals surface area contributed by atoms with E-state index in [9.17, 15) is 14.4 Å². The number of hydrogen-bond acceptors (Lipinski definition) is 6. The molecule has 368 valence electrons. The van der Waals surface area contributed by atoms with Crippen LogP contribution in [0.3, 0.4) is 0 Å². The molecule has 6 nitrogen and oxygen atoms in total. The van der Waals surface area contributed by atoms with Gasteiger partial charge in [0.1, 0.15) is 13.2 Å². The summed E-state index contributed by atoms with van der Waals surface area (Å²) in [6.07, 6.45) is 50.9. The summed E-state index contributed by atoms with van der Waals surface area (Å²) >= 11 is 0. The zero-order valence-corrected chi connectivity index (χ0v) is 42.5. The van der Waals surface area contributed by atoms with Gasteiger partial charge in [-0.2, -0.15) is 0 Å². The Labute approximate surface area is 387 Å². The fourth-order valence-corrected chi connectivity index (χ4v) is 8.49. The Hall–Kier alpha value is -1.59. The number of carbonyl (C=O) groups is 3. The fourth-order valence-electron chi connectivity index (χ4n) is 8.49. The van der Waals surface area contributed by atoms with Crippen molar-refractivity contribution in [3.63, 3.8) is 0 Å². The second kappa shape index (κ2) is 48.9. The molecule has 0 radical (unpaired) electrons. The van der Waals surface area contributed by atoms with Crippen LogP contribution in [-0.4, -0.2) is 37.2 Å². The van der Waals surface area contributed by atoms with Crippen LogP contribution in [0.4, 0.5) is 0 Å². The molecule has 0 saturated carbocycles. The standard InChI is InChI=1S/C56H108O6/c1-6-8-9-10-11-12-13-14-15-16-17-18-23-26-33-38-43-48-56(59)62-53(50-61-55(58)47-42-37-32-28-27-30-35-40-45-52(5)7-2)49-60-54(57)46-41-36-31-25-22-20-19-21-24-29-34-39-44-51(3)4/h51-53H,6-50H2,1-5H3/t52?,53-/m1/s1. The first-order valence-corrected chi connectivity index (χ1v) is 27.8. The molecule has 0 saturated heterocycles. The molecule has 6 heteroatoms. The molecule has 0 aromatic rings. The number of esters is 3. The number of carbonyl (C=O) groups excluding carboxylic acids is 3. The zero-order chi connectivity index (χ0) is 45.4. The highest BCUT2D eigenvalue weighted by atomic mass is 16.6. The lowest BCUT2D eigenvalue weighted by molar-refractivity contribution is -0.167. The maximum atomic E-state index is 12.8. The van der Waals surface area contributed by atoms with Crippen molar-refractivity contribution >= 4 is 17.9 Å². The predicted octanol–water partition coefficient (Wildman–Crippen LogP) is 18.1. The van der Waals surface area contributed by atoms with E-state index in [1.807, 2.05) is 0 Å². The molecule has 0 amide bonds. The first-order chi connectivity index (χ1) is 30.3. The van der Waals surface area contributed by atoms with Crippen LogP contribution in [0.25, 0.3) is 0 Å². The van der Waals surface area contributed by atoms with Gasteiger partial charge in [0.05, 0.1) is 0 Å². The Morgan fingerprint density at radius 2 is 0.613 bits per heavy atom. The van der Waals surface area contributed by atoms with Gasteiger partial charge in [-0.05, 0) is 31.1 Å². The average molecular weight is 877 g/mol. The van der Waals surface area contributed by atoms with E-state index in [4.69, 9.17) is 14.2 Å². The first kappa shape index (κ1) is 60.4. The molecule has 0 aromatic carbocycles. The molecule has 0 aliphatic carbocycles. The quantitative estimate of drug-likeness (QED) is 0.0344. The van der Waals surface area contributed by atoms with Crippen molar-refractivity contribution in [3.05, 3.63) is 0 Å². The Bertz CT molecular complexity index is 949. The van der Waals surface area contributed by atoms with E-state index in [-0.39, 0.29) is 31.1 Å². The van der Waals surface area contributed by atoms with Gasteiger partial charge in [0.25, 0.3) is 0 Å². The normalized spacial score (nSPS) is 12.5. The summed E-state index contributed by atoms with van der Waals surface area (Å²) < 4.78 is 16.9. The summed E-state index contributed by atoms with van der Waals surface area (Å²) in [5, 5.41) is 0. The van der Waals surface area contributed by atoms with Gasteiger partial charge >= 0.3 is 17.9 Å². The second-order valence-corrected chi connectivity index (χ2v) is 19.9. The van der Waals surface area contributed by atoms with Gasteiger partial charge in [0.2, 0.25) is 0 Å². The van der Waals surface area contributed by atoms with Crippen LogP contribution in [0.1, 0.15) is 311 Å². The second-order valence-electron chi connectivity index (χ2n) is 19.9. The van der Waals surface area contributed by atoms with Gasteiger partial charge in [0.15, 0.2) is 6.10 Å². The van der Waals surface area contributed by atoms with E-state index in [1.165, 1.54) is 199 Å². The minimum Gasteiger partial charge on any atom is -0.462 e. The molecular weight excluding hydrogens is 769 g/mol. The van der Waals surface area contributed by atoms with Crippen molar-refractivity contribution < 1.29 is 28.6 Å². The molecule has 0 N–H and O–H groups in total. The molecule has 2 atom stereocenters. The average Bonchev–Trinajstić information content (AvgIpc) is 3.26. The van der Waals surface area contributed by atoms with Crippen LogP contribution < -0.4 is 0 Å². The van der Waals surface area contributed by atoms with E-state index in [0.717, 1.165) is 69.6 Å². The molecular formula is C56H108O6. The predicted molar refractivity (Wildman–Crippen MR) is 266 cm³/mol. The number of rotatable bonds is 50. The van der Waals surface area contributed by atoms with Crippen molar-refractivity contribution in [1.82, 2.24) is 0 Å². The van der Waals surface area contributed by atoms with Gasteiger partial charge in [-0.1, -0.05) is 272 Å². The van der Waals surface area contributed by atoms with E-state index in [0.29, 0.717) is 19.3 Å². The smallest absolute Gasteiger partial charge is 0.306 e. The summed E-state index contributed by atoms with van der Waals surface area (Å²) in [6, 6.07) is 0. The van der Waals surface area contributed by atoms with Crippen molar-refractivity contribution in [2.75, 3.05) is 13.2 Å². The largest absolute Gasteiger partial charge is 0.462 e. The lowest BCUT2D eigenvalue weighted by atomic mass is 9.99. The number of ether oxygens (including phenoxy) is 3. The minimum absolute atomic E-state index is 0.0635. The van der Waals surface area contributed by atoms with Crippen LogP contribution >= 0.6 is 0 Å². The third kappa shape index (κ3) is 47.9. The maximum Gasteiger partial charge on any atom is 0.306 e. The van der Waals surface area contributed by atoms with Crippen molar-refractivity contribution in [3.8, 4) is 0 Å². The maximum absolute atomic E-state index is 12.8. The highest BCUT2D eigenvalue weighted by Crippen LogP contribution is 2.18. The summed E-state index contributed by atoms with van der Waals surface area (Å²) in [5.74, 6) is 0.837. The molecule has 0 aliphatic heterocycles. The summed E-state index contributed by atoms with van der Waals surface area (Å²) in [4.78, 5) is 38.1. The molecule has 0 rings (SSSR count). The Balaban J connectivity index is 4.30. The molecule has 1 unspecified atom stereocenters. The third-order valence-corrected chi connectivity index (χ3v) is 13.1. The SMILES string of the molecule is CCCCCCCCCCCCCCCCCCCC(=O)O[C@H](COC(=O)CCCCCCCCCCCCCCC(C)C)COC(=O)CCCCCCCCCCC(C)CC. The number of hydrogen-bond donors (Lipinski definition) is 0. The molecule has 0 fully saturated rings. The van der Waals surface area contributed by atoms with Gasteiger partial charge in [-0.15, -0.1) is 0 Å². The van der Waals surface area contributed by atoms with Crippen LogP contribution in [0.15, 0.2) is 0 Å². The van der Waals surface area contributed by atoms with Gasteiger partial charge in [-0.3, -0.25) is 14.4 Å². The third-order valence-electron chi connectivity index (χ3n) is 13.1. The van der Waals surface area contributed by atoms with E-state index < -0.39 is 6.10 Å². The Morgan fingerprint density at radius 3 is 0.919 bits per heavy atom. The topological polar surface area (TPSA) is 78.9 Å². The number of unbranched alkanes of at least 4 members (excludes halogenated alkanes) is 34. The Morgan fingerprint density at radius 1 is 0.339 bits per heavy atom. The minimum atomic E-state index is -0.762. The highest BCUT2D eigenvalue weighted by Gasteiger charge is 2.19. The van der Waals surface area contributed by atoms with Crippen molar-refractivity contribution in [1.29, 1.82) is 0 Å². The summed E-state index contributed by atoms with van der Waals surface area (Å²) in [7, 11) is 0. The van der Waals surface area contributed by atoms with Crippen LogP contribution in [-0.2, 0) is 28.6 Å². The molecule has 0 aromatic heterocycles. The van der Waals surface area contributed by atoms with Crippen LogP contribution in [0.2, 0.25) is 0 Å². The lowest BCUT2D eigenvalue weighted by Crippen LogP contribution is -2.30. The van der Waals surface area contributed by atoms with Crippen LogP contribution in [0.5, 0.6) is 0 Å². The molecule has 0 aliphatic rings. The Kier molecular flexibility index (Phi) is 47.6. The van der Waals surface area contributed by atoms with Gasteiger partial charge < -0.3 is 14.2 Å². The summed E-state index contributed by atoms with van der Waals surface area (Å²) in [5.41, 5.74) is 0. The summed E-state index contributed by atoms with van der Waals surface area (Å²) in [6.45, 7) is 11.4. The zero-order valence-electron chi connectivity index (χ0n) is 42.5. The van der Waals surface area contributed by atoms with Gasteiger partial charge in [-0.25, -0.2) is 0 Å². The van der Waals surface area contributed by atoms with E-state index >= 15 is 0 Å². The monoisotopic (exact) mass is 877 g/mol. The van der Waals surface area contributed by atoms with Crippen molar-refractivity contribution in [2.45, 2.75) is 317 Å². The highest BCUT2D eigenvalue weighted by molar-refractivity contribution is 5.71. The lowest BCUT2D eigenvalue weighted by Gasteiger charge is -2.18. The molecule has 0 bridgehead atoms. The van der Waals surface area contributed by atoms with Gasteiger partial charge in [0, 0.05) is 19.3 Å². The van der Waals surface area contributed by atoms with E-state index in [2.05, 4.69) is 34.6 Å². The van der Waals surface area contributed by atoms with Crippen LogP contribution in [0, 0.1) is 11.8 Å².